The molecule has 1 heterocycles. The van der Waals surface area contributed by atoms with Crippen molar-refractivity contribution in [2.24, 2.45) is 0 Å². The fourth-order valence-corrected chi connectivity index (χ4v) is 2.54. The molecule has 3 heteroatoms. The number of aliphatic hydroxyl groups excluding tert-OH is 1. The third-order valence-corrected chi connectivity index (χ3v) is 3.28. The summed E-state index contributed by atoms with van der Waals surface area (Å²) in [6, 6.07) is 6.02. The Morgan fingerprint density at radius 1 is 1.57 bits per heavy atom. The molecular weight excluding hydrogens is 194 g/mol. The van der Waals surface area contributed by atoms with Crippen molar-refractivity contribution in [1.82, 2.24) is 0 Å². The van der Waals surface area contributed by atoms with Crippen LogP contribution in [0.1, 0.15) is 16.7 Å². The zero-order chi connectivity index (χ0) is 10.1. The van der Waals surface area contributed by atoms with Gasteiger partial charge in [0.2, 0.25) is 0 Å². The first-order chi connectivity index (χ1) is 6.77. The Morgan fingerprint density at radius 2 is 2.36 bits per heavy atom. The normalized spacial score (nSPS) is 10.4. The molecule has 0 amide bonds. The van der Waals surface area contributed by atoms with Crippen LogP contribution in [-0.4, -0.2) is 5.11 Å². The Labute approximate surface area is 86.0 Å². The lowest BCUT2D eigenvalue weighted by atomic mass is 10.0. The zero-order valence-electron chi connectivity index (χ0n) is 7.74. The van der Waals surface area contributed by atoms with E-state index in [4.69, 9.17) is 10.4 Å². The molecular formula is C11H9NOS. The molecule has 2 nitrogen and oxygen atoms in total. The highest BCUT2D eigenvalue weighted by atomic mass is 32.1. The number of hydrogen-bond acceptors (Lipinski definition) is 3. The van der Waals surface area contributed by atoms with Crippen LogP contribution in [0.2, 0.25) is 0 Å². The minimum Gasteiger partial charge on any atom is -0.392 e. The summed E-state index contributed by atoms with van der Waals surface area (Å²) in [4.78, 5) is 0. The monoisotopic (exact) mass is 203 g/mol. The smallest absolute Gasteiger partial charge is 0.100 e. The summed E-state index contributed by atoms with van der Waals surface area (Å²) < 4.78 is 1.02. The van der Waals surface area contributed by atoms with Gasteiger partial charge in [0.1, 0.15) is 6.07 Å². The van der Waals surface area contributed by atoms with Crippen molar-refractivity contribution in [1.29, 1.82) is 5.26 Å². The summed E-state index contributed by atoms with van der Waals surface area (Å²) >= 11 is 1.57. The second-order valence-corrected chi connectivity index (χ2v) is 4.08. The second kappa shape index (κ2) is 3.41. The van der Waals surface area contributed by atoms with Gasteiger partial charge in [-0.05, 0) is 29.5 Å². The average molecular weight is 203 g/mol. The molecule has 0 bridgehead atoms. The third-order valence-electron chi connectivity index (χ3n) is 2.29. The van der Waals surface area contributed by atoms with Crippen molar-refractivity contribution in [3.63, 3.8) is 0 Å². The predicted octanol–water partition coefficient (Wildman–Crippen LogP) is 2.57. The van der Waals surface area contributed by atoms with Crippen LogP contribution in [0.3, 0.4) is 0 Å². The van der Waals surface area contributed by atoms with Crippen molar-refractivity contribution in [3.05, 3.63) is 34.2 Å². The molecule has 0 fully saturated rings. The highest BCUT2D eigenvalue weighted by Gasteiger charge is 2.09. The maximum Gasteiger partial charge on any atom is 0.100 e. The van der Waals surface area contributed by atoms with Gasteiger partial charge in [0.05, 0.1) is 12.2 Å². The number of thiophene rings is 1. The summed E-state index contributed by atoms with van der Waals surface area (Å²) in [6.07, 6.45) is 0. The quantitative estimate of drug-likeness (QED) is 0.774. The first-order valence-electron chi connectivity index (χ1n) is 4.28. The van der Waals surface area contributed by atoms with Gasteiger partial charge in [-0.3, -0.25) is 0 Å². The van der Waals surface area contributed by atoms with Gasteiger partial charge >= 0.3 is 0 Å². The summed E-state index contributed by atoms with van der Waals surface area (Å²) in [5.74, 6) is 0. The minimum atomic E-state index is 0.0313. The summed E-state index contributed by atoms with van der Waals surface area (Å²) in [6.45, 7) is 1.93. The van der Waals surface area contributed by atoms with Crippen LogP contribution in [0.25, 0.3) is 10.1 Å². The number of aryl methyl sites for hydroxylation is 1. The van der Waals surface area contributed by atoms with E-state index in [1.165, 1.54) is 0 Å². The summed E-state index contributed by atoms with van der Waals surface area (Å²) in [7, 11) is 0. The number of nitrogens with zero attached hydrogens (tertiary/aromatic N) is 1. The highest BCUT2D eigenvalue weighted by Crippen LogP contribution is 2.30. The largest absolute Gasteiger partial charge is 0.392 e. The molecule has 0 saturated carbocycles. The van der Waals surface area contributed by atoms with Crippen LogP contribution in [0.4, 0.5) is 0 Å². The van der Waals surface area contributed by atoms with E-state index < -0.39 is 0 Å². The first kappa shape index (κ1) is 9.20. The van der Waals surface area contributed by atoms with E-state index in [1.807, 2.05) is 24.4 Å². The van der Waals surface area contributed by atoms with E-state index in [-0.39, 0.29) is 6.61 Å². The van der Waals surface area contributed by atoms with Gasteiger partial charge in [0.15, 0.2) is 0 Å². The number of aliphatic hydroxyl groups is 1. The molecule has 2 aromatic rings. The molecule has 1 aromatic carbocycles. The van der Waals surface area contributed by atoms with Crippen LogP contribution < -0.4 is 0 Å². The lowest BCUT2D eigenvalue weighted by Gasteiger charge is -2.04. The maximum absolute atomic E-state index is 9.17. The van der Waals surface area contributed by atoms with Crippen molar-refractivity contribution in [2.45, 2.75) is 13.5 Å². The molecule has 0 radical (unpaired) electrons. The number of nitriles is 1. The van der Waals surface area contributed by atoms with E-state index in [9.17, 15) is 0 Å². The summed E-state index contributed by atoms with van der Waals surface area (Å²) in [5.41, 5.74) is 2.56. The molecule has 0 aliphatic carbocycles. The van der Waals surface area contributed by atoms with E-state index in [0.29, 0.717) is 0 Å². The third kappa shape index (κ3) is 1.20. The molecule has 0 saturated heterocycles. The van der Waals surface area contributed by atoms with Gasteiger partial charge in [-0.15, -0.1) is 11.3 Å². The van der Waals surface area contributed by atoms with E-state index >= 15 is 0 Å². The fourth-order valence-electron chi connectivity index (χ4n) is 1.63. The van der Waals surface area contributed by atoms with Crippen LogP contribution in [0.5, 0.6) is 0 Å². The molecule has 0 atom stereocenters. The van der Waals surface area contributed by atoms with E-state index in [1.54, 1.807) is 11.3 Å². The molecule has 1 N–H and O–H groups in total. The molecule has 0 aliphatic heterocycles. The number of fused-ring (bicyclic) bond motifs is 1. The van der Waals surface area contributed by atoms with E-state index in [0.717, 1.165) is 26.8 Å². The Morgan fingerprint density at radius 3 is 3.00 bits per heavy atom. The van der Waals surface area contributed by atoms with Crippen LogP contribution in [0, 0.1) is 18.3 Å². The number of hydrogen-bond donors (Lipinski definition) is 1. The SMILES string of the molecule is Cc1cc(CO)c2sccc2c1C#N. The Hall–Kier alpha value is -1.37. The second-order valence-electron chi connectivity index (χ2n) is 3.16. The molecule has 14 heavy (non-hydrogen) atoms. The van der Waals surface area contributed by atoms with Gasteiger partial charge in [0.25, 0.3) is 0 Å². The highest BCUT2D eigenvalue weighted by molar-refractivity contribution is 7.17. The molecule has 0 spiro atoms. The van der Waals surface area contributed by atoms with Gasteiger partial charge in [-0.1, -0.05) is 6.07 Å². The molecule has 70 valence electrons. The number of rotatable bonds is 1. The van der Waals surface area contributed by atoms with Crippen LogP contribution >= 0.6 is 11.3 Å². The lowest BCUT2D eigenvalue weighted by Crippen LogP contribution is -1.89. The minimum absolute atomic E-state index is 0.0313. The van der Waals surface area contributed by atoms with Crippen LogP contribution in [0.15, 0.2) is 17.5 Å². The first-order valence-corrected chi connectivity index (χ1v) is 5.16. The van der Waals surface area contributed by atoms with Crippen molar-refractivity contribution in [2.75, 3.05) is 0 Å². The van der Waals surface area contributed by atoms with E-state index in [2.05, 4.69) is 6.07 Å². The van der Waals surface area contributed by atoms with Gasteiger partial charge < -0.3 is 5.11 Å². The Balaban J connectivity index is 2.90. The maximum atomic E-state index is 9.17. The lowest BCUT2D eigenvalue weighted by molar-refractivity contribution is 0.283. The van der Waals surface area contributed by atoms with Crippen molar-refractivity contribution in [3.8, 4) is 6.07 Å². The fraction of sp³-hybridized carbons (Fsp3) is 0.182. The van der Waals surface area contributed by atoms with Gasteiger partial charge in [-0.25, -0.2) is 0 Å². The number of benzene rings is 1. The molecule has 1 aromatic heterocycles. The van der Waals surface area contributed by atoms with Crippen molar-refractivity contribution < 1.29 is 5.11 Å². The molecule has 0 aliphatic rings. The molecule has 2 rings (SSSR count). The molecule has 0 unspecified atom stereocenters. The van der Waals surface area contributed by atoms with Gasteiger partial charge in [0, 0.05) is 10.1 Å². The standard InChI is InChI=1S/C11H9NOS/c1-7-4-8(6-13)11-9(2-3-14-11)10(7)5-12/h2-4,13H,6H2,1H3. The van der Waals surface area contributed by atoms with Crippen LogP contribution in [-0.2, 0) is 6.61 Å². The van der Waals surface area contributed by atoms with Gasteiger partial charge in [-0.2, -0.15) is 5.26 Å². The predicted molar refractivity (Wildman–Crippen MR) is 57.2 cm³/mol. The summed E-state index contributed by atoms with van der Waals surface area (Å²) in [5, 5.41) is 21.1. The van der Waals surface area contributed by atoms with Crippen molar-refractivity contribution >= 4 is 21.4 Å². The Kier molecular flexibility index (Phi) is 2.24. The Bertz CT molecular complexity index is 522. The topological polar surface area (TPSA) is 44.0 Å². The zero-order valence-corrected chi connectivity index (χ0v) is 8.56. The average Bonchev–Trinajstić information content (AvgIpc) is 2.65.